The number of carbonyl (C=O) groups excluding carboxylic acids is 1. The molecule has 0 fully saturated rings. The number of aryl methyl sites for hydroxylation is 1. The molecule has 23 heavy (non-hydrogen) atoms. The first kappa shape index (κ1) is 16.7. The van der Waals surface area contributed by atoms with Crippen LogP contribution >= 0.6 is 0 Å². The van der Waals surface area contributed by atoms with E-state index >= 15 is 0 Å². The molecule has 0 radical (unpaired) electrons. The molecule has 0 aliphatic rings. The summed E-state index contributed by atoms with van der Waals surface area (Å²) >= 11 is 0. The number of benzene rings is 2. The first-order valence-corrected chi connectivity index (χ1v) is 8.33. The van der Waals surface area contributed by atoms with Gasteiger partial charge in [-0.1, -0.05) is 28.6 Å². The highest BCUT2D eigenvalue weighted by Crippen LogP contribution is 2.30. The van der Waals surface area contributed by atoms with Crippen molar-refractivity contribution in [3.05, 3.63) is 70.1 Å². The number of methoxy groups -OCH3 is 1. The van der Waals surface area contributed by atoms with E-state index in [9.17, 15) is 13.2 Å². The molecule has 0 saturated carbocycles. The molecule has 0 aromatic heterocycles. The van der Waals surface area contributed by atoms with Crippen molar-refractivity contribution in [2.24, 2.45) is 0 Å². The van der Waals surface area contributed by atoms with Gasteiger partial charge in [0.25, 0.3) is 16.4 Å². The van der Waals surface area contributed by atoms with Crippen LogP contribution in [0.5, 0.6) is 0 Å². The van der Waals surface area contributed by atoms with Gasteiger partial charge in [0, 0.05) is 0 Å². The third kappa shape index (κ3) is 3.41. The Labute approximate surface area is 135 Å². The van der Waals surface area contributed by atoms with Crippen LogP contribution in [0.4, 0.5) is 0 Å². The lowest BCUT2D eigenvalue weighted by molar-refractivity contribution is 0.0600. The van der Waals surface area contributed by atoms with Gasteiger partial charge in [-0.2, -0.15) is 0 Å². The lowest BCUT2D eigenvalue weighted by Crippen LogP contribution is -2.12. The zero-order valence-electron chi connectivity index (χ0n) is 12.8. The van der Waals surface area contributed by atoms with Crippen LogP contribution in [0.25, 0.3) is 4.85 Å². The molecule has 0 aliphatic heterocycles. The highest BCUT2D eigenvalue weighted by atomic mass is 32.2. The summed E-state index contributed by atoms with van der Waals surface area (Å²) in [5.74, 6) is -0.560. The predicted molar refractivity (Wildman–Crippen MR) is 87.2 cm³/mol. The van der Waals surface area contributed by atoms with Gasteiger partial charge in [-0.25, -0.2) is 13.2 Å². The molecule has 0 aliphatic carbocycles. The van der Waals surface area contributed by atoms with Crippen molar-refractivity contribution in [3.63, 3.8) is 0 Å². The van der Waals surface area contributed by atoms with Crippen molar-refractivity contribution in [2.45, 2.75) is 17.2 Å². The summed E-state index contributed by atoms with van der Waals surface area (Å²) in [5.41, 5.74) is 1.48. The Morgan fingerprint density at radius 2 is 1.83 bits per heavy atom. The van der Waals surface area contributed by atoms with E-state index in [-0.39, 0.29) is 10.5 Å². The topological polar surface area (TPSA) is 64.8 Å². The van der Waals surface area contributed by atoms with Crippen LogP contribution in [0.3, 0.4) is 0 Å². The molecule has 0 amide bonds. The molecule has 2 aromatic carbocycles. The first-order valence-electron chi connectivity index (χ1n) is 6.79. The summed E-state index contributed by atoms with van der Waals surface area (Å²) < 4.78 is 30.1. The summed E-state index contributed by atoms with van der Waals surface area (Å²) in [4.78, 5) is 15.2. The summed E-state index contributed by atoms with van der Waals surface area (Å²) in [5, 5.41) is -1.30. The smallest absolute Gasteiger partial charge is 0.397 e. The second kappa shape index (κ2) is 6.63. The Bertz CT molecular complexity index is 864. The fourth-order valence-electron chi connectivity index (χ4n) is 2.14. The number of ether oxygens (including phenoxy) is 1. The standard InChI is InChI=1S/C17H16NO4S/c1-12-7-9-15(10-8-12)23(20,21)16(18-2)13-5-4-6-14(11-13)17(19)22-3/h2,4-11,16H,1,3H3/q+1. The van der Waals surface area contributed by atoms with E-state index < -0.39 is 21.2 Å². The second-order valence-electron chi connectivity index (χ2n) is 4.98. The number of sulfone groups is 1. The molecule has 6 heteroatoms. The van der Waals surface area contributed by atoms with E-state index in [2.05, 4.69) is 9.58 Å². The number of esters is 1. The van der Waals surface area contributed by atoms with Gasteiger partial charge < -0.3 is 4.74 Å². The van der Waals surface area contributed by atoms with Crippen LogP contribution in [0, 0.1) is 13.5 Å². The molecule has 0 bridgehead atoms. The molecule has 118 valence electrons. The van der Waals surface area contributed by atoms with Crippen LogP contribution in [0.2, 0.25) is 0 Å². The fraction of sp³-hybridized carbons (Fsp3) is 0.176. The minimum atomic E-state index is -3.81. The van der Waals surface area contributed by atoms with Gasteiger partial charge in [-0.05, 0) is 37.3 Å². The molecule has 0 N–H and O–H groups in total. The normalized spacial score (nSPS) is 12.2. The Morgan fingerprint density at radius 1 is 1.17 bits per heavy atom. The molecular formula is C17H16NO4S+. The van der Waals surface area contributed by atoms with Crippen molar-refractivity contribution < 1.29 is 17.9 Å². The largest absolute Gasteiger partial charge is 0.465 e. The average Bonchev–Trinajstić information content (AvgIpc) is 2.55. The van der Waals surface area contributed by atoms with E-state index in [4.69, 9.17) is 6.57 Å². The lowest BCUT2D eigenvalue weighted by atomic mass is 10.1. The first-order chi connectivity index (χ1) is 10.9. The molecule has 2 rings (SSSR count). The lowest BCUT2D eigenvalue weighted by Gasteiger charge is -2.07. The summed E-state index contributed by atoms with van der Waals surface area (Å²) in [6.45, 7) is 7.21. The maximum atomic E-state index is 12.7. The third-order valence-corrected chi connectivity index (χ3v) is 5.28. The number of hydrogen-bond donors (Lipinski definition) is 0. The predicted octanol–water partition coefficient (Wildman–Crippen LogP) is 3.22. The second-order valence-corrected chi connectivity index (χ2v) is 6.98. The van der Waals surface area contributed by atoms with Crippen molar-refractivity contribution in [2.75, 3.05) is 7.11 Å². The Hall–Kier alpha value is -2.65. The van der Waals surface area contributed by atoms with Crippen LogP contribution in [0.1, 0.15) is 26.9 Å². The Balaban J connectivity index is 2.49. The van der Waals surface area contributed by atoms with Crippen LogP contribution in [-0.2, 0) is 14.6 Å². The zero-order chi connectivity index (χ0) is 17.0. The zero-order valence-corrected chi connectivity index (χ0v) is 13.6. The summed E-state index contributed by atoms with van der Waals surface area (Å²) in [6, 6.07) is 12.5. The fourth-order valence-corrected chi connectivity index (χ4v) is 3.58. The highest BCUT2D eigenvalue weighted by Gasteiger charge is 2.37. The van der Waals surface area contributed by atoms with Crippen molar-refractivity contribution in [1.29, 1.82) is 0 Å². The summed E-state index contributed by atoms with van der Waals surface area (Å²) in [6.07, 6.45) is 0. The van der Waals surface area contributed by atoms with Crippen LogP contribution in [-0.4, -0.2) is 21.5 Å². The van der Waals surface area contributed by atoms with Gasteiger partial charge in [-0.3, -0.25) is 0 Å². The Kier molecular flexibility index (Phi) is 4.82. The molecule has 1 unspecified atom stereocenters. The summed E-state index contributed by atoms with van der Waals surface area (Å²) in [7, 11) is -2.56. The van der Waals surface area contributed by atoms with Gasteiger partial charge in [0.2, 0.25) is 0 Å². The highest BCUT2D eigenvalue weighted by molar-refractivity contribution is 7.91. The van der Waals surface area contributed by atoms with E-state index in [1.54, 1.807) is 24.3 Å². The molecular weight excluding hydrogens is 314 g/mol. The third-order valence-electron chi connectivity index (χ3n) is 3.37. The minimum Gasteiger partial charge on any atom is -0.465 e. The van der Waals surface area contributed by atoms with Crippen molar-refractivity contribution >= 4 is 15.8 Å². The monoisotopic (exact) mass is 330 g/mol. The van der Waals surface area contributed by atoms with E-state index in [0.29, 0.717) is 5.56 Å². The number of hydrogen-bond acceptors (Lipinski definition) is 4. The number of nitrogens with zero attached hydrogens (tertiary/aromatic N) is 1. The quantitative estimate of drug-likeness (QED) is 0.808. The van der Waals surface area contributed by atoms with Gasteiger partial charge in [0.1, 0.15) is 0 Å². The number of carbonyl (C=O) groups is 1. The molecule has 5 nitrogen and oxygen atoms in total. The van der Waals surface area contributed by atoms with Gasteiger partial charge in [0.05, 0.1) is 23.1 Å². The van der Waals surface area contributed by atoms with E-state index in [1.807, 2.05) is 6.92 Å². The minimum absolute atomic E-state index is 0.116. The van der Waals surface area contributed by atoms with Crippen molar-refractivity contribution in [1.82, 2.24) is 0 Å². The van der Waals surface area contributed by atoms with Gasteiger partial charge >= 0.3 is 11.3 Å². The Morgan fingerprint density at radius 3 is 2.39 bits per heavy atom. The van der Waals surface area contributed by atoms with Gasteiger partial charge in [-0.15, -0.1) is 0 Å². The average molecular weight is 330 g/mol. The maximum Gasteiger partial charge on any atom is 0.397 e. The maximum absolute atomic E-state index is 12.7. The SMILES string of the molecule is C#[N+]C(c1cccc(C(=O)OC)c1)S(=O)(=O)c1ccc(C)cc1. The molecule has 0 spiro atoms. The molecule has 0 heterocycles. The van der Waals surface area contributed by atoms with Crippen molar-refractivity contribution in [3.8, 4) is 6.57 Å². The molecule has 1 atom stereocenters. The van der Waals surface area contributed by atoms with Crippen LogP contribution < -0.4 is 0 Å². The van der Waals surface area contributed by atoms with E-state index in [0.717, 1.165) is 5.56 Å². The number of rotatable bonds is 4. The molecule has 0 saturated heterocycles. The van der Waals surface area contributed by atoms with E-state index in [1.165, 1.54) is 31.4 Å². The molecule has 2 aromatic rings. The van der Waals surface area contributed by atoms with Gasteiger partial charge in [0.15, 0.2) is 0 Å². The van der Waals surface area contributed by atoms with Crippen LogP contribution in [0.15, 0.2) is 53.4 Å².